The van der Waals surface area contributed by atoms with Crippen LogP contribution in [0.4, 0.5) is 0 Å². The molecule has 0 aromatic heterocycles. The Kier molecular flexibility index (Phi) is 3.50. The van der Waals surface area contributed by atoms with Gasteiger partial charge in [0.1, 0.15) is 0 Å². The topological polar surface area (TPSA) is 3.24 Å². The predicted octanol–water partition coefficient (Wildman–Crippen LogP) is 4.62. The minimum absolute atomic E-state index is 0.246. The smallest absolute Gasteiger partial charge is 0.0284 e. The molecule has 2 bridgehead atoms. The second kappa shape index (κ2) is 5.04. The van der Waals surface area contributed by atoms with Crippen molar-refractivity contribution in [2.45, 2.75) is 64.0 Å². The van der Waals surface area contributed by atoms with E-state index in [-0.39, 0.29) is 5.41 Å². The van der Waals surface area contributed by atoms with Crippen LogP contribution < -0.4 is 0 Å². The highest BCUT2D eigenvalue weighted by molar-refractivity contribution is 5.68. The summed E-state index contributed by atoms with van der Waals surface area (Å²) >= 11 is 0. The van der Waals surface area contributed by atoms with Crippen molar-refractivity contribution in [3.05, 3.63) is 41.5 Å². The van der Waals surface area contributed by atoms with Crippen molar-refractivity contribution in [1.82, 2.24) is 4.90 Å². The van der Waals surface area contributed by atoms with Crippen LogP contribution in [0.3, 0.4) is 0 Å². The fourth-order valence-corrected chi connectivity index (χ4v) is 3.64. The monoisotopic (exact) mass is 269 g/mol. The summed E-state index contributed by atoms with van der Waals surface area (Å²) < 4.78 is 0. The van der Waals surface area contributed by atoms with Crippen molar-refractivity contribution in [2.24, 2.45) is 0 Å². The van der Waals surface area contributed by atoms with Crippen LogP contribution in [0.5, 0.6) is 0 Å². The van der Waals surface area contributed by atoms with Crippen molar-refractivity contribution in [3.63, 3.8) is 0 Å². The number of hydrogen-bond donors (Lipinski definition) is 0. The maximum atomic E-state index is 2.58. The van der Waals surface area contributed by atoms with Gasteiger partial charge in [-0.2, -0.15) is 0 Å². The highest BCUT2D eigenvalue weighted by Gasteiger charge is 2.31. The Hall–Kier alpha value is -1.08. The summed E-state index contributed by atoms with van der Waals surface area (Å²) in [5.74, 6) is 0. The molecule has 0 N–H and O–H groups in total. The summed E-state index contributed by atoms with van der Waals surface area (Å²) in [6.45, 7) is 6.84. The standard InChI is InChI=1S/C19H27N/c1-19(2,3)16-10-8-14(9-11-16)15-12-17-6-5-7-18(13-15)20(17)4/h8-12,17-18H,5-7,13H2,1-4H3. The molecular weight excluding hydrogens is 242 g/mol. The van der Waals surface area contributed by atoms with E-state index in [0.717, 1.165) is 6.04 Å². The first-order valence-electron chi connectivity index (χ1n) is 7.99. The van der Waals surface area contributed by atoms with Crippen LogP contribution in [0.2, 0.25) is 0 Å². The summed E-state index contributed by atoms with van der Waals surface area (Å²) in [4.78, 5) is 2.58. The molecule has 2 aliphatic heterocycles. The second-order valence-electron chi connectivity index (χ2n) is 7.54. The van der Waals surface area contributed by atoms with Gasteiger partial charge in [-0.3, -0.25) is 4.90 Å². The Morgan fingerprint density at radius 2 is 1.75 bits per heavy atom. The molecule has 1 saturated heterocycles. The fourth-order valence-electron chi connectivity index (χ4n) is 3.64. The molecule has 1 nitrogen and oxygen atoms in total. The van der Waals surface area contributed by atoms with E-state index in [4.69, 9.17) is 0 Å². The Morgan fingerprint density at radius 1 is 1.05 bits per heavy atom. The van der Waals surface area contributed by atoms with Gasteiger partial charge >= 0.3 is 0 Å². The Bertz CT molecular complexity index is 504. The molecule has 1 fully saturated rings. The van der Waals surface area contributed by atoms with E-state index in [1.807, 2.05) is 0 Å². The van der Waals surface area contributed by atoms with Crippen molar-refractivity contribution < 1.29 is 0 Å². The Morgan fingerprint density at radius 3 is 2.35 bits per heavy atom. The molecule has 3 rings (SSSR count). The molecule has 108 valence electrons. The van der Waals surface area contributed by atoms with E-state index in [9.17, 15) is 0 Å². The SMILES string of the molecule is CN1C2C=C(c3ccc(C(C)(C)C)cc3)CC1CCC2. The van der Waals surface area contributed by atoms with E-state index in [1.54, 1.807) is 5.57 Å². The van der Waals surface area contributed by atoms with Crippen LogP contribution in [0, 0.1) is 0 Å². The molecule has 0 amide bonds. The lowest BCUT2D eigenvalue weighted by molar-refractivity contribution is 0.137. The van der Waals surface area contributed by atoms with Gasteiger partial charge in [-0.1, -0.05) is 57.5 Å². The minimum Gasteiger partial charge on any atom is -0.297 e. The number of benzene rings is 1. The predicted molar refractivity (Wildman–Crippen MR) is 86.9 cm³/mol. The van der Waals surface area contributed by atoms with E-state index < -0.39 is 0 Å². The van der Waals surface area contributed by atoms with Gasteiger partial charge in [-0.25, -0.2) is 0 Å². The summed E-state index contributed by atoms with van der Waals surface area (Å²) in [5.41, 5.74) is 4.67. The third kappa shape index (κ3) is 2.56. The average molecular weight is 269 g/mol. The Labute approximate surface area is 123 Å². The molecule has 0 aliphatic carbocycles. The maximum Gasteiger partial charge on any atom is 0.0284 e. The first kappa shape index (κ1) is 13.9. The van der Waals surface area contributed by atoms with Gasteiger partial charge < -0.3 is 0 Å². The fraction of sp³-hybridized carbons (Fsp3) is 0.579. The molecule has 20 heavy (non-hydrogen) atoms. The van der Waals surface area contributed by atoms with Crippen LogP contribution in [-0.4, -0.2) is 24.0 Å². The number of rotatable bonds is 1. The zero-order chi connectivity index (χ0) is 14.3. The third-order valence-electron chi connectivity index (χ3n) is 5.11. The molecule has 2 unspecified atom stereocenters. The van der Waals surface area contributed by atoms with Crippen LogP contribution in [0.15, 0.2) is 30.3 Å². The molecule has 1 aromatic rings. The summed E-state index contributed by atoms with van der Waals surface area (Å²) in [6.07, 6.45) is 7.83. The number of hydrogen-bond acceptors (Lipinski definition) is 1. The van der Waals surface area contributed by atoms with Gasteiger partial charge in [0.2, 0.25) is 0 Å². The van der Waals surface area contributed by atoms with E-state index >= 15 is 0 Å². The van der Waals surface area contributed by atoms with Crippen LogP contribution in [0.1, 0.15) is 57.6 Å². The van der Waals surface area contributed by atoms with E-state index in [1.165, 1.54) is 36.8 Å². The third-order valence-corrected chi connectivity index (χ3v) is 5.11. The normalized spacial score (nSPS) is 27.3. The zero-order valence-electron chi connectivity index (χ0n) is 13.3. The number of piperidine rings is 1. The van der Waals surface area contributed by atoms with Gasteiger partial charge in [-0.15, -0.1) is 0 Å². The first-order valence-corrected chi connectivity index (χ1v) is 7.99. The van der Waals surface area contributed by atoms with Crippen LogP contribution in [-0.2, 0) is 5.41 Å². The van der Waals surface area contributed by atoms with Crippen molar-refractivity contribution in [3.8, 4) is 0 Å². The number of fused-ring (bicyclic) bond motifs is 2. The van der Waals surface area contributed by atoms with Gasteiger partial charge in [0.05, 0.1) is 0 Å². The molecule has 0 spiro atoms. The minimum atomic E-state index is 0.246. The highest BCUT2D eigenvalue weighted by Crippen LogP contribution is 2.36. The van der Waals surface area contributed by atoms with Gasteiger partial charge in [-0.05, 0) is 48.4 Å². The first-order chi connectivity index (χ1) is 9.45. The quantitative estimate of drug-likeness (QED) is 0.719. The van der Waals surface area contributed by atoms with Crippen LogP contribution >= 0.6 is 0 Å². The van der Waals surface area contributed by atoms with E-state index in [0.29, 0.717) is 6.04 Å². The summed E-state index contributed by atoms with van der Waals surface area (Å²) in [5, 5.41) is 0. The zero-order valence-corrected chi connectivity index (χ0v) is 13.3. The molecule has 1 aromatic carbocycles. The molecule has 2 heterocycles. The van der Waals surface area contributed by atoms with Crippen LogP contribution in [0.25, 0.3) is 5.57 Å². The average Bonchev–Trinajstić information content (AvgIpc) is 2.37. The maximum absolute atomic E-state index is 2.58. The van der Waals surface area contributed by atoms with Gasteiger partial charge in [0, 0.05) is 12.1 Å². The number of likely N-dealkylation sites (N-methyl/N-ethyl adjacent to an activating group) is 1. The lowest BCUT2D eigenvalue weighted by Crippen LogP contribution is -2.45. The Balaban J connectivity index is 1.86. The molecule has 0 saturated carbocycles. The summed E-state index contributed by atoms with van der Waals surface area (Å²) in [6, 6.07) is 10.7. The molecule has 0 radical (unpaired) electrons. The van der Waals surface area contributed by atoms with Crippen molar-refractivity contribution >= 4 is 5.57 Å². The van der Waals surface area contributed by atoms with E-state index in [2.05, 4.69) is 63.1 Å². The molecule has 1 heteroatoms. The highest BCUT2D eigenvalue weighted by atomic mass is 15.2. The number of nitrogens with zero attached hydrogens (tertiary/aromatic N) is 1. The molecular formula is C19H27N. The second-order valence-corrected chi connectivity index (χ2v) is 7.54. The lowest BCUT2D eigenvalue weighted by atomic mass is 9.82. The molecule has 2 atom stereocenters. The van der Waals surface area contributed by atoms with Crippen molar-refractivity contribution in [1.29, 1.82) is 0 Å². The molecule has 2 aliphatic rings. The van der Waals surface area contributed by atoms with Crippen molar-refractivity contribution in [2.75, 3.05) is 7.05 Å². The van der Waals surface area contributed by atoms with Gasteiger partial charge in [0.25, 0.3) is 0 Å². The van der Waals surface area contributed by atoms with Gasteiger partial charge in [0.15, 0.2) is 0 Å². The summed E-state index contributed by atoms with van der Waals surface area (Å²) in [7, 11) is 2.30. The largest absolute Gasteiger partial charge is 0.297 e. The lowest BCUT2D eigenvalue weighted by Gasteiger charge is -2.43.